The molecule has 0 rings (SSSR count). The van der Waals surface area contributed by atoms with Crippen molar-refractivity contribution in [1.29, 1.82) is 0 Å². The molecule has 0 heterocycles. The fourth-order valence-electron chi connectivity index (χ4n) is 1.32. The normalized spacial score (nSPS) is 15.4. The number of nitrogens with two attached hydrogens (primary N) is 1. The molecule has 0 aliphatic rings. The van der Waals surface area contributed by atoms with Crippen LogP contribution in [0.4, 0.5) is 0 Å². The summed E-state index contributed by atoms with van der Waals surface area (Å²) in [6.45, 7) is 2.09. The molecule has 0 aliphatic heterocycles. The van der Waals surface area contributed by atoms with Gasteiger partial charge < -0.3 is 26.4 Å². The van der Waals surface area contributed by atoms with Gasteiger partial charge in [-0.15, -0.1) is 0 Å². The van der Waals surface area contributed by atoms with E-state index in [-0.39, 0.29) is 6.54 Å². The second-order valence-corrected chi connectivity index (χ2v) is 7.23. The number of aliphatic carboxylic acids is 2. The van der Waals surface area contributed by atoms with E-state index in [1.165, 1.54) is 21.6 Å². The van der Waals surface area contributed by atoms with Gasteiger partial charge in [0.1, 0.15) is 12.1 Å². The zero-order chi connectivity index (χ0) is 16.3. The Balaban J connectivity index is 3.74. The van der Waals surface area contributed by atoms with Crippen molar-refractivity contribution in [3.05, 3.63) is 0 Å². The summed E-state index contributed by atoms with van der Waals surface area (Å²) in [7, 11) is 2.98. The average molecular weight is 340 g/mol. The van der Waals surface area contributed by atoms with Crippen molar-refractivity contribution in [2.45, 2.75) is 44.4 Å². The Hall–Kier alpha value is -0.480. The number of hydrogen-bond acceptors (Lipinski definition) is 7. The lowest BCUT2D eigenvalue weighted by Gasteiger charge is -2.16. The van der Waals surface area contributed by atoms with Gasteiger partial charge in [0.15, 0.2) is 0 Å². The van der Waals surface area contributed by atoms with Gasteiger partial charge in [-0.25, -0.2) is 0 Å². The maximum Gasteiger partial charge on any atom is 0.320 e. The second kappa shape index (κ2) is 12.1. The lowest BCUT2D eigenvalue weighted by atomic mass is 10.2. The first-order valence-corrected chi connectivity index (χ1v) is 9.24. The quantitative estimate of drug-likeness (QED) is 0.238. The van der Waals surface area contributed by atoms with E-state index in [9.17, 15) is 14.7 Å². The SMILES string of the molecule is CCC(O)CNC(CCSSCCC(N)C(=O)O)C(=O)O. The smallest absolute Gasteiger partial charge is 0.320 e. The standard InChI is InChI=1S/C12H24N2O5S2/c1-2-8(15)7-14-10(12(18)19)4-6-21-20-5-3-9(13)11(16)17/h8-10,14-15H,2-7,13H2,1H3,(H,16,17)(H,18,19). The summed E-state index contributed by atoms with van der Waals surface area (Å²) >= 11 is 0. The first kappa shape index (κ1) is 20.5. The van der Waals surface area contributed by atoms with Crippen LogP contribution < -0.4 is 11.1 Å². The summed E-state index contributed by atoms with van der Waals surface area (Å²) < 4.78 is 0. The highest BCUT2D eigenvalue weighted by Gasteiger charge is 2.17. The molecule has 6 N–H and O–H groups in total. The van der Waals surface area contributed by atoms with Crippen molar-refractivity contribution >= 4 is 33.5 Å². The monoisotopic (exact) mass is 340 g/mol. The van der Waals surface area contributed by atoms with Crippen molar-refractivity contribution in [3.63, 3.8) is 0 Å². The van der Waals surface area contributed by atoms with E-state index < -0.39 is 30.1 Å². The molecule has 0 bridgehead atoms. The van der Waals surface area contributed by atoms with E-state index in [0.29, 0.717) is 30.8 Å². The van der Waals surface area contributed by atoms with Crippen LogP contribution in [0.1, 0.15) is 26.2 Å². The Labute approximate surface area is 132 Å². The van der Waals surface area contributed by atoms with E-state index in [1.54, 1.807) is 0 Å². The van der Waals surface area contributed by atoms with E-state index in [0.717, 1.165) is 0 Å². The van der Waals surface area contributed by atoms with E-state index in [1.807, 2.05) is 6.92 Å². The van der Waals surface area contributed by atoms with Crippen molar-refractivity contribution < 1.29 is 24.9 Å². The van der Waals surface area contributed by atoms with Gasteiger partial charge in [0, 0.05) is 18.1 Å². The van der Waals surface area contributed by atoms with Crippen LogP contribution in [-0.4, -0.2) is 63.5 Å². The van der Waals surface area contributed by atoms with E-state index in [4.69, 9.17) is 15.9 Å². The van der Waals surface area contributed by atoms with Gasteiger partial charge in [-0.1, -0.05) is 28.5 Å². The Morgan fingerprint density at radius 2 is 1.71 bits per heavy atom. The third kappa shape index (κ3) is 10.8. The Bertz CT molecular complexity index is 320. The molecule has 0 aromatic rings. The van der Waals surface area contributed by atoms with Gasteiger partial charge in [-0.05, 0) is 19.3 Å². The molecule has 0 saturated heterocycles. The van der Waals surface area contributed by atoms with Crippen LogP contribution in [0.3, 0.4) is 0 Å². The highest BCUT2D eigenvalue weighted by molar-refractivity contribution is 8.76. The summed E-state index contributed by atoms with van der Waals surface area (Å²) in [5, 5.41) is 29.9. The van der Waals surface area contributed by atoms with Crippen molar-refractivity contribution in [2.75, 3.05) is 18.1 Å². The Morgan fingerprint density at radius 3 is 2.19 bits per heavy atom. The van der Waals surface area contributed by atoms with Crippen LogP contribution in [0.25, 0.3) is 0 Å². The largest absolute Gasteiger partial charge is 0.480 e. The number of hydrogen-bond donors (Lipinski definition) is 5. The molecule has 3 unspecified atom stereocenters. The van der Waals surface area contributed by atoms with Crippen LogP contribution in [0.2, 0.25) is 0 Å². The summed E-state index contributed by atoms with van der Waals surface area (Å²) in [6.07, 6.45) is 0.866. The van der Waals surface area contributed by atoms with E-state index in [2.05, 4.69) is 5.32 Å². The molecule has 21 heavy (non-hydrogen) atoms. The molecule has 0 aliphatic carbocycles. The van der Waals surface area contributed by atoms with Gasteiger partial charge in [-0.2, -0.15) is 0 Å². The number of carbonyl (C=O) groups is 2. The maximum atomic E-state index is 11.0. The highest BCUT2D eigenvalue weighted by atomic mass is 33.1. The number of aliphatic hydroxyl groups excluding tert-OH is 1. The first-order chi connectivity index (χ1) is 9.88. The minimum absolute atomic E-state index is 0.263. The third-order valence-electron chi connectivity index (χ3n) is 2.77. The molecule has 9 heteroatoms. The predicted molar refractivity (Wildman–Crippen MR) is 85.5 cm³/mol. The molecule has 0 radical (unpaired) electrons. The van der Waals surface area contributed by atoms with Crippen molar-refractivity contribution in [2.24, 2.45) is 5.73 Å². The molecular weight excluding hydrogens is 316 g/mol. The minimum atomic E-state index is -1.01. The summed E-state index contributed by atoms with van der Waals surface area (Å²) in [5.74, 6) is -0.709. The minimum Gasteiger partial charge on any atom is -0.480 e. The lowest BCUT2D eigenvalue weighted by Crippen LogP contribution is -2.41. The zero-order valence-corrected chi connectivity index (χ0v) is 13.7. The predicted octanol–water partition coefficient (Wildman–Crippen LogP) is 0.374. The highest BCUT2D eigenvalue weighted by Crippen LogP contribution is 2.23. The molecule has 0 aromatic carbocycles. The third-order valence-corrected chi connectivity index (χ3v) is 5.24. The first-order valence-electron chi connectivity index (χ1n) is 6.75. The lowest BCUT2D eigenvalue weighted by molar-refractivity contribution is -0.140. The number of aliphatic hydroxyl groups is 1. The zero-order valence-electron chi connectivity index (χ0n) is 12.0. The summed E-state index contributed by atoms with van der Waals surface area (Å²) in [4.78, 5) is 21.5. The van der Waals surface area contributed by atoms with Crippen LogP contribution in [-0.2, 0) is 9.59 Å². The summed E-state index contributed by atoms with van der Waals surface area (Å²) in [5.41, 5.74) is 5.37. The topological polar surface area (TPSA) is 133 Å². The van der Waals surface area contributed by atoms with Crippen molar-refractivity contribution in [1.82, 2.24) is 5.32 Å². The fourth-order valence-corrected chi connectivity index (χ4v) is 3.52. The fraction of sp³-hybridized carbons (Fsp3) is 0.833. The molecular formula is C12H24N2O5S2. The number of carboxylic acid groups (broad SMARTS) is 2. The maximum absolute atomic E-state index is 11.0. The molecule has 0 saturated carbocycles. The molecule has 0 spiro atoms. The Kier molecular flexibility index (Phi) is 11.8. The van der Waals surface area contributed by atoms with Gasteiger partial charge in [0.2, 0.25) is 0 Å². The molecule has 0 fully saturated rings. The van der Waals surface area contributed by atoms with Crippen LogP contribution >= 0.6 is 21.6 Å². The number of carboxylic acids is 2. The van der Waals surface area contributed by atoms with Gasteiger partial charge in [0.05, 0.1) is 6.10 Å². The van der Waals surface area contributed by atoms with Crippen molar-refractivity contribution in [3.8, 4) is 0 Å². The molecule has 3 atom stereocenters. The van der Waals surface area contributed by atoms with Gasteiger partial charge in [-0.3, -0.25) is 9.59 Å². The second-order valence-electron chi connectivity index (χ2n) is 4.53. The number of nitrogens with one attached hydrogen (secondary N) is 1. The number of rotatable bonds is 13. The van der Waals surface area contributed by atoms with Gasteiger partial charge in [0.25, 0.3) is 0 Å². The van der Waals surface area contributed by atoms with Crippen LogP contribution in [0, 0.1) is 0 Å². The molecule has 0 aromatic heterocycles. The molecule has 7 nitrogen and oxygen atoms in total. The molecule has 124 valence electrons. The van der Waals surface area contributed by atoms with Gasteiger partial charge >= 0.3 is 11.9 Å². The molecule has 0 amide bonds. The van der Waals surface area contributed by atoms with Crippen LogP contribution in [0.5, 0.6) is 0 Å². The van der Waals surface area contributed by atoms with Crippen LogP contribution in [0.15, 0.2) is 0 Å². The Morgan fingerprint density at radius 1 is 1.14 bits per heavy atom. The average Bonchev–Trinajstić information content (AvgIpc) is 2.44. The summed E-state index contributed by atoms with van der Waals surface area (Å²) in [6, 6.07) is -1.53. The van der Waals surface area contributed by atoms with E-state index >= 15 is 0 Å².